The maximum Gasteiger partial charge on any atom is 0.312 e. The first-order valence-electron chi connectivity index (χ1n) is 15.1. The Hall–Kier alpha value is -2.29. The van der Waals surface area contributed by atoms with Gasteiger partial charge in [-0.25, -0.2) is 0 Å². The molecule has 0 aliphatic carbocycles. The smallest absolute Gasteiger partial charge is 0.312 e. The van der Waals surface area contributed by atoms with Crippen LogP contribution in [0.5, 0.6) is 5.75 Å². The van der Waals surface area contributed by atoms with Gasteiger partial charge in [0.15, 0.2) is 0 Å². The number of phenolic OH excluding ortho intramolecular Hbond substituents is 1. The van der Waals surface area contributed by atoms with E-state index in [9.17, 15) is 9.90 Å². The SMILES string of the molecule is Cc1ccc(C(C)OC(=O)C(C)(CC(C)(C)CCC(C)(C)C(CC(C)(C)C)c2ccc(O)cc2)C(C)(C)C)cc1. The van der Waals surface area contributed by atoms with Gasteiger partial charge in [0.05, 0.1) is 5.41 Å². The van der Waals surface area contributed by atoms with E-state index in [1.54, 1.807) is 0 Å². The van der Waals surface area contributed by atoms with Crippen LogP contribution in [0.2, 0.25) is 0 Å². The molecular weight excluding hydrogens is 492 g/mol. The van der Waals surface area contributed by atoms with Crippen molar-refractivity contribution in [3.05, 3.63) is 65.2 Å². The van der Waals surface area contributed by atoms with Gasteiger partial charge in [0, 0.05) is 0 Å². The monoisotopic (exact) mass is 550 g/mol. The summed E-state index contributed by atoms with van der Waals surface area (Å²) < 4.78 is 6.16. The van der Waals surface area contributed by atoms with Crippen molar-refractivity contribution in [1.29, 1.82) is 0 Å². The minimum Gasteiger partial charge on any atom is -0.508 e. The molecular formula is C37H58O3. The second-order valence-electron chi connectivity index (χ2n) is 16.3. The number of aromatic hydroxyl groups is 1. The highest BCUT2D eigenvalue weighted by atomic mass is 16.5. The van der Waals surface area contributed by atoms with Crippen LogP contribution in [0.25, 0.3) is 0 Å². The van der Waals surface area contributed by atoms with Gasteiger partial charge < -0.3 is 9.84 Å². The van der Waals surface area contributed by atoms with E-state index in [4.69, 9.17) is 4.74 Å². The minimum absolute atomic E-state index is 0.0418. The fraction of sp³-hybridized carbons (Fsp3) is 0.649. The Morgan fingerprint density at radius 2 is 1.27 bits per heavy atom. The Morgan fingerprint density at radius 3 is 1.75 bits per heavy atom. The van der Waals surface area contributed by atoms with Crippen molar-refractivity contribution >= 4 is 5.97 Å². The predicted octanol–water partition coefficient (Wildman–Crippen LogP) is 10.8. The number of aryl methyl sites for hydroxylation is 1. The van der Waals surface area contributed by atoms with Crippen molar-refractivity contribution in [2.45, 2.75) is 128 Å². The maximum absolute atomic E-state index is 13.9. The predicted molar refractivity (Wildman–Crippen MR) is 170 cm³/mol. The Labute approximate surface area is 246 Å². The summed E-state index contributed by atoms with van der Waals surface area (Å²) in [6.07, 6.45) is 3.57. The molecule has 0 bridgehead atoms. The summed E-state index contributed by atoms with van der Waals surface area (Å²) in [5.74, 6) is 0.551. The zero-order valence-electron chi connectivity index (χ0n) is 27.9. The molecule has 0 aromatic heterocycles. The molecule has 0 heterocycles. The molecule has 0 saturated carbocycles. The van der Waals surface area contributed by atoms with Crippen LogP contribution in [0.3, 0.4) is 0 Å². The van der Waals surface area contributed by atoms with E-state index < -0.39 is 5.41 Å². The molecule has 3 atom stereocenters. The van der Waals surface area contributed by atoms with Gasteiger partial charge in [-0.1, -0.05) is 111 Å². The normalized spacial score (nSPS) is 16.2. The highest BCUT2D eigenvalue weighted by Gasteiger charge is 2.49. The van der Waals surface area contributed by atoms with E-state index in [1.807, 2.05) is 19.1 Å². The third kappa shape index (κ3) is 9.11. The number of benzene rings is 2. The minimum atomic E-state index is -0.638. The molecule has 3 heteroatoms. The number of carbonyl (C=O) groups is 1. The van der Waals surface area contributed by atoms with Gasteiger partial charge in [-0.2, -0.15) is 0 Å². The van der Waals surface area contributed by atoms with E-state index in [0.717, 1.165) is 31.2 Å². The van der Waals surface area contributed by atoms with E-state index in [2.05, 4.69) is 119 Å². The largest absolute Gasteiger partial charge is 0.508 e. The van der Waals surface area contributed by atoms with Gasteiger partial charge in [-0.05, 0) is 97.3 Å². The summed E-state index contributed by atoms with van der Waals surface area (Å²) in [5.41, 5.74) is 2.76. The first-order chi connectivity index (χ1) is 18.1. The molecule has 0 amide bonds. The Morgan fingerprint density at radius 1 is 0.775 bits per heavy atom. The van der Waals surface area contributed by atoms with E-state index in [-0.39, 0.29) is 33.7 Å². The van der Waals surface area contributed by atoms with Crippen LogP contribution in [0.4, 0.5) is 0 Å². The van der Waals surface area contributed by atoms with Crippen molar-refractivity contribution in [2.75, 3.05) is 0 Å². The van der Waals surface area contributed by atoms with Crippen molar-refractivity contribution in [3.8, 4) is 5.75 Å². The highest BCUT2D eigenvalue weighted by Crippen LogP contribution is 2.52. The van der Waals surface area contributed by atoms with E-state index in [1.165, 1.54) is 11.1 Å². The second-order valence-corrected chi connectivity index (χ2v) is 16.3. The van der Waals surface area contributed by atoms with Crippen molar-refractivity contribution in [2.24, 2.45) is 27.1 Å². The van der Waals surface area contributed by atoms with Gasteiger partial charge >= 0.3 is 5.97 Å². The molecule has 2 aromatic rings. The van der Waals surface area contributed by atoms with Gasteiger partial charge in [0.2, 0.25) is 0 Å². The molecule has 2 rings (SSSR count). The lowest BCUT2D eigenvalue weighted by Crippen LogP contribution is -2.45. The van der Waals surface area contributed by atoms with Crippen LogP contribution in [-0.2, 0) is 9.53 Å². The zero-order chi connectivity index (χ0) is 30.7. The van der Waals surface area contributed by atoms with Crippen LogP contribution < -0.4 is 0 Å². The van der Waals surface area contributed by atoms with Crippen molar-refractivity contribution < 1.29 is 14.6 Å². The molecule has 0 aliphatic heterocycles. The van der Waals surface area contributed by atoms with Crippen LogP contribution >= 0.6 is 0 Å². The number of hydrogen-bond donors (Lipinski definition) is 1. The molecule has 40 heavy (non-hydrogen) atoms. The topological polar surface area (TPSA) is 46.5 Å². The molecule has 1 N–H and O–H groups in total. The van der Waals surface area contributed by atoms with Crippen LogP contribution in [0.1, 0.15) is 137 Å². The molecule has 0 aliphatic rings. The quantitative estimate of drug-likeness (QED) is 0.283. The number of rotatable bonds is 11. The first-order valence-corrected chi connectivity index (χ1v) is 15.1. The Kier molecular flexibility index (Phi) is 10.4. The van der Waals surface area contributed by atoms with Gasteiger partial charge in [-0.3, -0.25) is 4.79 Å². The fourth-order valence-corrected chi connectivity index (χ4v) is 5.88. The lowest BCUT2D eigenvalue weighted by atomic mass is 9.58. The number of phenols is 1. The Balaban J connectivity index is 2.25. The third-order valence-electron chi connectivity index (χ3n) is 9.27. The van der Waals surface area contributed by atoms with Gasteiger partial charge in [0.25, 0.3) is 0 Å². The molecule has 3 unspecified atom stereocenters. The second kappa shape index (κ2) is 12.3. The summed E-state index contributed by atoms with van der Waals surface area (Å²) in [6, 6.07) is 16.0. The molecule has 3 nitrogen and oxygen atoms in total. The number of esters is 1. The average Bonchev–Trinajstić information content (AvgIpc) is 2.81. The van der Waals surface area contributed by atoms with Crippen LogP contribution in [0.15, 0.2) is 48.5 Å². The number of hydrogen-bond acceptors (Lipinski definition) is 3. The summed E-state index contributed by atoms with van der Waals surface area (Å²) in [6.45, 7) is 28.9. The number of ether oxygens (including phenoxy) is 1. The van der Waals surface area contributed by atoms with Gasteiger partial charge in [0.1, 0.15) is 11.9 Å². The maximum atomic E-state index is 13.9. The summed E-state index contributed by atoms with van der Waals surface area (Å²) >= 11 is 0. The summed E-state index contributed by atoms with van der Waals surface area (Å²) in [5, 5.41) is 9.89. The van der Waals surface area contributed by atoms with Crippen LogP contribution in [0, 0.1) is 34.0 Å². The molecule has 0 spiro atoms. The van der Waals surface area contributed by atoms with E-state index in [0.29, 0.717) is 11.7 Å². The Bertz CT molecular complexity index is 1090. The van der Waals surface area contributed by atoms with E-state index >= 15 is 0 Å². The van der Waals surface area contributed by atoms with Crippen molar-refractivity contribution in [1.82, 2.24) is 0 Å². The van der Waals surface area contributed by atoms with Crippen molar-refractivity contribution in [3.63, 3.8) is 0 Å². The fourth-order valence-electron chi connectivity index (χ4n) is 5.88. The lowest BCUT2D eigenvalue weighted by Gasteiger charge is -2.46. The van der Waals surface area contributed by atoms with Gasteiger partial charge in [-0.15, -0.1) is 0 Å². The molecule has 0 radical (unpaired) electrons. The third-order valence-corrected chi connectivity index (χ3v) is 9.27. The first kappa shape index (κ1) is 33.9. The average molecular weight is 551 g/mol. The zero-order valence-corrected chi connectivity index (χ0v) is 27.9. The summed E-state index contributed by atoms with van der Waals surface area (Å²) in [4.78, 5) is 13.9. The molecule has 0 saturated heterocycles. The molecule has 0 fully saturated rings. The molecule has 224 valence electrons. The lowest BCUT2D eigenvalue weighted by molar-refractivity contribution is -0.170. The van der Waals surface area contributed by atoms with Crippen LogP contribution in [-0.4, -0.2) is 11.1 Å². The highest BCUT2D eigenvalue weighted by molar-refractivity contribution is 5.77. The standard InChI is InChI=1S/C37H58O3/c1-26-14-16-28(17-15-26)27(2)40-32(39)37(13,34(6,7)8)25-35(9,10)22-23-36(11,12)31(24-33(3,4)5)29-18-20-30(38)21-19-29/h14-21,27,31,38H,22-25H2,1-13H3. The number of carbonyl (C=O) groups excluding carboxylic acids is 1. The molecule has 2 aromatic carbocycles. The summed E-state index contributed by atoms with van der Waals surface area (Å²) in [7, 11) is 0.